The Balaban J connectivity index is 1.10. The maximum Gasteiger partial charge on any atom is 0.119 e. The van der Waals surface area contributed by atoms with Gasteiger partial charge in [-0.2, -0.15) is 0 Å². The normalized spacial score (nSPS) is 12.1. The van der Waals surface area contributed by atoms with Gasteiger partial charge in [0.1, 0.15) is 23.0 Å². The number of methoxy groups -OCH3 is 4. The number of anilines is 12. The lowest BCUT2D eigenvalue weighted by Gasteiger charge is -2.35. The van der Waals surface area contributed by atoms with Gasteiger partial charge in [0.25, 0.3) is 0 Å². The van der Waals surface area contributed by atoms with Crippen molar-refractivity contribution in [3.8, 4) is 45.3 Å². The van der Waals surface area contributed by atoms with Crippen LogP contribution < -0.4 is 38.5 Å². The molecule has 0 saturated carbocycles. The van der Waals surface area contributed by atoms with Crippen molar-refractivity contribution in [3.05, 3.63) is 311 Å². The Labute approximate surface area is 522 Å². The molecule has 0 N–H and O–H groups in total. The number of ether oxygens (including phenoxy) is 4. The molecule has 1 spiro atoms. The molecule has 8 heteroatoms. The third-order valence-electron chi connectivity index (χ3n) is 17.7. The lowest BCUT2D eigenvalue weighted by Crippen LogP contribution is -2.27. The van der Waals surface area contributed by atoms with E-state index in [9.17, 15) is 0 Å². The summed E-state index contributed by atoms with van der Waals surface area (Å²) in [5.74, 6) is 3.17. The summed E-state index contributed by atoms with van der Waals surface area (Å²) in [6, 6.07) is 97.4. The van der Waals surface area contributed by atoms with E-state index >= 15 is 0 Å². The average Bonchev–Trinajstić information content (AvgIpc) is 1.53. The molecular formula is C81H68N4O4. The number of rotatable bonds is 16. The molecule has 0 aliphatic heterocycles. The van der Waals surface area contributed by atoms with Crippen molar-refractivity contribution < 1.29 is 18.9 Å². The van der Waals surface area contributed by atoms with Crippen molar-refractivity contribution in [3.63, 3.8) is 0 Å². The second-order valence-electron chi connectivity index (χ2n) is 23.1. The first-order valence-corrected chi connectivity index (χ1v) is 30.2. The molecule has 0 bridgehead atoms. The summed E-state index contributed by atoms with van der Waals surface area (Å²) in [4.78, 5) is 9.50. The Morgan fingerprint density at radius 3 is 0.528 bits per heavy atom. The topological polar surface area (TPSA) is 49.9 Å². The molecule has 0 amide bonds. The van der Waals surface area contributed by atoms with Gasteiger partial charge in [-0.05, 0) is 266 Å². The van der Waals surface area contributed by atoms with Crippen LogP contribution in [-0.4, -0.2) is 28.4 Å². The van der Waals surface area contributed by atoms with Gasteiger partial charge in [-0.25, -0.2) is 0 Å². The van der Waals surface area contributed by atoms with E-state index in [1.165, 1.54) is 44.5 Å². The summed E-state index contributed by atoms with van der Waals surface area (Å²) in [7, 11) is 6.87. The van der Waals surface area contributed by atoms with Gasteiger partial charge < -0.3 is 38.5 Å². The molecule has 0 aromatic heterocycles. The van der Waals surface area contributed by atoms with Gasteiger partial charge in [0.15, 0.2) is 0 Å². The Morgan fingerprint density at radius 2 is 0.360 bits per heavy atom. The van der Waals surface area contributed by atoms with E-state index in [2.05, 4.69) is 266 Å². The van der Waals surface area contributed by atoms with Crippen LogP contribution in [0.3, 0.4) is 0 Å². The SMILES string of the molecule is COc1ccc(N(c2ccc(C)cc2)c2ccc3c(c2)C2(c4cc(N(c5ccc(C)cc5)c5ccc(OC)cc5)ccc4-3)c3cc(N(c4ccc(C)cc4)c4ccc(OC)cc4)ccc3-c3ccc(N(c4ccc(C)cc4)c4ccc(OC)cc4)cc32)cc1. The van der Waals surface area contributed by atoms with Crippen LogP contribution in [0.1, 0.15) is 44.5 Å². The fourth-order valence-corrected chi connectivity index (χ4v) is 13.2. The third-order valence-corrected chi connectivity index (χ3v) is 17.7. The Morgan fingerprint density at radius 1 is 0.202 bits per heavy atom. The number of hydrogen-bond acceptors (Lipinski definition) is 8. The van der Waals surface area contributed by atoms with Crippen LogP contribution in [0, 0.1) is 27.7 Å². The summed E-state index contributed by atoms with van der Waals surface area (Å²) in [5, 5.41) is 0. The second-order valence-corrected chi connectivity index (χ2v) is 23.1. The van der Waals surface area contributed by atoms with Crippen LogP contribution in [0.15, 0.2) is 267 Å². The van der Waals surface area contributed by atoms with E-state index in [4.69, 9.17) is 18.9 Å². The first kappa shape index (κ1) is 55.9. The monoisotopic (exact) mass is 1160 g/mol. The van der Waals surface area contributed by atoms with E-state index in [1.807, 2.05) is 48.5 Å². The second kappa shape index (κ2) is 23.0. The number of benzene rings is 12. The molecule has 436 valence electrons. The summed E-state index contributed by atoms with van der Waals surface area (Å²) in [6.45, 7) is 8.56. The molecule has 2 aliphatic carbocycles. The van der Waals surface area contributed by atoms with Gasteiger partial charge in [0, 0.05) is 68.2 Å². The van der Waals surface area contributed by atoms with Crippen molar-refractivity contribution in [2.75, 3.05) is 48.0 Å². The zero-order chi connectivity index (χ0) is 60.9. The summed E-state index contributed by atoms with van der Waals surface area (Å²) >= 11 is 0. The largest absolute Gasteiger partial charge is 0.497 e. The molecule has 12 aromatic rings. The molecule has 89 heavy (non-hydrogen) atoms. The first-order valence-electron chi connectivity index (χ1n) is 30.2. The van der Waals surface area contributed by atoms with Gasteiger partial charge in [-0.1, -0.05) is 95.1 Å². The highest BCUT2D eigenvalue weighted by Crippen LogP contribution is 2.65. The fourth-order valence-electron chi connectivity index (χ4n) is 13.2. The van der Waals surface area contributed by atoms with Crippen LogP contribution in [0.25, 0.3) is 22.3 Å². The number of aryl methyl sites for hydroxylation is 4. The Bertz CT molecular complexity index is 3960. The molecular weight excluding hydrogens is 1090 g/mol. The smallest absolute Gasteiger partial charge is 0.119 e. The molecule has 0 heterocycles. The summed E-state index contributed by atoms with van der Waals surface area (Å²) < 4.78 is 23.0. The van der Waals surface area contributed by atoms with E-state index in [1.54, 1.807) is 28.4 Å². The van der Waals surface area contributed by atoms with Crippen molar-refractivity contribution >= 4 is 68.2 Å². The number of nitrogens with zero attached hydrogens (tertiary/aromatic N) is 4. The van der Waals surface area contributed by atoms with Gasteiger partial charge in [0.05, 0.1) is 33.9 Å². The van der Waals surface area contributed by atoms with Crippen LogP contribution in [0.2, 0.25) is 0 Å². The van der Waals surface area contributed by atoms with E-state index in [-0.39, 0.29) is 0 Å². The molecule has 0 radical (unpaired) electrons. The van der Waals surface area contributed by atoms with E-state index in [0.717, 1.165) is 114 Å². The fraction of sp³-hybridized carbons (Fsp3) is 0.111. The van der Waals surface area contributed by atoms with Crippen LogP contribution in [-0.2, 0) is 5.41 Å². The molecule has 0 atom stereocenters. The number of fused-ring (bicyclic) bond motifs is 10. The number of hydrogen-bond donors (Lipinski definition) is 0. The predicted octanol–water partition coefficient (Wildman–Crippen LogP) is 21.2. The van der Waals surface area contributed by atoms with Crippen LogP contribution in [0.5, 0.6) is 23.0 Å². The quantitative estimate of drug-likeness (QED) is 0.0949. The minimum absolute atomic E-state index is 0.792. The first-order chi connectivity index (χ1) is 43.5. The molecule has 2 aliphatic rings. The Hall–Kier alpha value is -11.0. The highest BCUT2D eigenvalue weighted by atomic mass is 16.5. The highest BCUT2D eigenvalue weighted by Gasteiger charge is 2.53. The lowest BCUT2D eigenvalue weighted by atomic mass is 9.70. The average molecular weight is 1160 g/mol. The molecule has 0 unspecified atom stereocenters. The van der Waals surface area contributed by atoms with Gasteiger partial charge in [0.2, 0.25) is 0 Å². The standard InChI is InChI=1S/C81H68N4O4/c1-53-9-17-57(18-10-53)82(61-25-37-69(86-5)38-26-61)65-33-45-73-74-46-34-66(83(58-19-11-54(2)12-20-58)62-27-39-70(87-6)40-28-62)50-78(74)81(77(73)49-65)79-51-67(84(59-21-13-55(3)14-22-59)63-29-41-71(88-7)42-30-63)35-47-75(79)76-48-36-68(52-80(76)81)85(60-23-15-56(4)16-24-60)64-31-43-72(89-8)44-32-64/h9-52H,1-8H3. The van der Waals surface area contributed by atoms with Gasteiger partial charge in [-0.3, -0.25) is 0 Å². The van der Waals surface area contributed by atoms with Crippen molar-refractivity contribution in [1.29, 1.82) is 0 Å². The minimum atomic E-state index is -0.928. The third kappa shape index (κ3) is 9.93. The summed E-state index contributed by atoms with van der Waals surface area (Å²) in [6.07, 6.45) is 0. The van der Waals surface area contributed by atoms with Crippen molar-refractivity contribution in [2.24, 2.45) is 0 Å². The van der Waals surface area contributed by atoms with Crippen molar-refractivity contribution in [2.45, 2.75) is 33.1 Å². The van der Waals surface area contributed by atoms with Gasteiger partial charge >= 0.3 is 0 Å². The zero-order valence-corrected chi connectivity index (χ0v) is 51.3. The lowest BCUT2D eigenvalue weighted by molar-refractivity contribution is 0.414. The minimum Gasteiger partial charge on any atom is -0.497 e. The van der Waals surface area contributed by atoms with Crippen molar-refractivity contribution in [1.82, 2.24) is 0 Å². The Kier molecular flexibility index (Phi) is 14.5. The maximum absolute atomic E-state index is 5.75. The maximum atomic E-state index is 5.75. The molecule has 14 rings (SSSR count). The van der Waals surface area contributed by atoms with E-state index in [0.29, 0.717) is 0 Å². The van der Waals surface area contributed by atoms with E-state index < -0.39 is 5.41 Å². The molecule has 8 nitrogen and oxygen atoms in total. The molecule has 0 fully saturated rings. The van der Waals surface area contributed by atoms with Crippen LogP contribution >= 0.6 is 0 Å². The molecule has 0 saturated heterocycles. The van der Waals surface area contributed by atoms with Gasteiger partial charge in [-0.15, -0.1) is 0 Å². The summed E-state index contributed by atoms with van der Waals surface area (Å²) in [5.41, 5.74) is 25.4. The van der Waals surface area contributed by atoms with Crippen LogP contribution in [0.4, 0.5) is 68.2 Å². The zero-order valence-electron chi connectivity index (χ0n) is 51.3. The predicted molar refractivity (Wildman–Crippen MR) is 367 cm³/mol. The highest BCUT2D eigenvalue weighted by molar-refractivity contribution is 6.00. The molecule has 12 aromatic carbocycles.